The summed E-state index contributed by atoms with van der Waals surface area (Å²) in [4.78, 5) is 34.0. The number of H-pyrrole nitrogens is 1. The van der Waals surface area contributed by atoms with Gasteiger partial charge in [-0.15, -0.1) is 0 Å². The van der Waals surface area contributed by atoms with Crippen LogP contribution in [-0.2, 0) is 5.54 Å². The van der Waals surface area contributed by atoms with Crippen LogP contribution in [0, 0.1) is 0 Å². The smallest absolute Gasteiger partial charge is 0.263 e. The summed E-state index contributed by atoms with van der Waals surface area (Å²) in [7, 11) is 0. The number of carbonyl (C=O) groups excluding carboxylic acids is 1. The lowest BCUT2D eigenvalue weighted by molar-refractivity contribution is 0.0958. The van der Waals surface area contributed by atoms with Crippen molar-refractivity contribution in [3.8, 4) is 11.3 Å². The van der Waals surface area contributed by atoms with Crippen molar-refractivity contribution in [3.05, 3.63) is 45.9 Å². The minimum atomic E-state index is -0.441. The van der Waals surface area contributed by atoms with E-state index in [1.165, 1.54) is 0 Å². The largest absolute Gasteiger partial charge is 0.356 e. The first kappa shape index (κ1) is 20.2. The number of para-hydroxylation sites is 1. The minimum absolute atomic E-state index is 0.0691. The van der Waals surface area contributed by atoms with E-state index in [1.807, 2.05) is 72.7 Å². The van der Waals surface area contributed by atoms with E-state index < -0.39 is 5.54 Å². The molecule has 3 aromatic rings. The van der Waals surface area contributed by atoms with Gasteiger partial charge in [0.25, 0.3) is 11.5 Å². The molecule has 2 aromatic heterocycles. The summed E-state index contributed by atoms with van der Waals surface area (Å²) in [6.45, 7) is 14.0. The number of hydrogen-bond donors (Lipinski definition) is 3. The predicted molar refractivity (Wildman–Crippen MR) is 120 cm³/mol. The molecule has 1 aromatic carbocycles. The molecule has 0 spiro atoms. The quantitative estimate of drug-likeness (QED) is 0.595. The van der Waals surface area contributed by atoms with Crippen molar-refractivity contribution in [2.75, 3.05) is 5.32 Å². The van der Waals surface area contributed by atoms with Crippen molar-refractivity contribution < 1.29 is 4.79 Å². The Bertz CT molecular complexity index is 1220. The fraction of sp³-hybridized carbons (Fsp3) is 0.435. The Kier molecular flexibility index (Phi) is 4.34. The van der Waals surface area contributed by atoms with Crippen molar-refractivity contribution >= 4 is 22.8 Å². The number of rotatable bonds is 2. The monoisotopic (exact) mass is 407 g/mol. The lowest BCUT2D eigenvalue weighted by atomic mass is 10.0. The average Bonchev–Trinajstić information content (AvgIpc) is 3.13. The Labute approximate surface area is 175 Å². The molecule has 0 unspecified atom stereocenters. The molecular weight excluding hydrogens is 378 g/mol. The van der Waals surface area contributed by atoms with Gasteiger partial charge in [-0.3, -0.25) is 14.2 Å². The third-order valence-electron chi connectivity index (χ3n) is 5.22. The Morgan fingerprint density at radius 1 is 1.07 bits per heavy atom. The highest BCUT2D eigenvalue weighted by Crippen LogP contribution is 2.33. The van der Waals surface area contributed by atoms with Gasteiger partial charge >= 0.3 is 0 Å². The molecule has 4 rings (SSSR count). The van der Waals surface area contributed by atoms with Crippen LogP contribution >= 0.6 is 0 Å². The lowest BCUT2D eigenvalue weighted by Gasteiger charge is -2.30. The third-order valence-corrected chi connectivity index (χ3v) is 5.22. The van der Waals surface area contributed by atoms with Crippen LogP contribution in [0.5, 0.6) is 0 Å². The van der Waals surface area contributed by atoms with Gasteiger partial charge in [0.1, 0.15) is 0 Å². The summed E-state index contributed by atoms with van der Waals surface area (Å²) >= 11 is 0. The second kappa shape index (κ2) is 6.45. The van der Waals surface area contributed by atoms with Gasteiger partial charge in [0, 0.05) is 22.3 Å². The van der Waals surface area contributed by atoms with E-state index in [0.29, 0.717) is 22.4 Å². The van der Waals surface area contributed by atoms with Crippen molar-refractivity contribution in [2.24, 2.45) is 0 Å². The van der Waals surface area contributed by atoms with Gasteiger partial charge in [0.15, 0.2) is 0 Å². The van der Waals surface area contributed by atoms with Gasteiger partial charge in [-0.1, -0.05) is 12.1 Å². The van der Waals surface area contributed by atoms with Crippen molar-refractivity contribution in [1.29, 1.82) is 0 Å². The van der Waals surface area contributed by atoms with Crippen LogP contribution in [0.25, 0.3) is 22.2 Å². The number of nitrogens with one attached hydrogen (secondary N) is 3. The van der Waals surface area contributed by atoms with Gasteiger partial charge in [0.2, 0.25) is 5.95 Å². The molecule has 158 valence electrons. The molecule has 1 aliphatic rings. The molecule has 3 N–H and O–H groups in total. The maximum Gasteiger partial charge on any atom is 0.263 e. The van der Waals surface area contributed by atoms with E-state index in [1.54, 1.807) is 4.57 Å². The fourth-order valence-corrected chi connectivity index (χ4v) is 3.96. The second-order valence-electron chi connectivity index (χ2n) is 10.0. The molecule has 0 fully saturated rings. The summed E-state index contributed by atoms with van der Waals surface area (Å²) < 4.78 is 1.72. The molecule has 3 heterocycles. The van der Waals surface area contributed by atoms with Gasteiger partial charge in [-0.05, 0) is 60.6 Å². The number of fused-ring (bicyclic) bond motifs is 2. The Morgan fingerprint density at radius 3 is 2.37 bits per heavy atom. The van der Waals surface area contributed by atoms with Crippen LogP contribution in [-0.4, -0.2) is 26.0 Å². The van der Waals surface area contributed by atoms with Gasteiger partial charge in [-0.25, -0.2) is 4.98 Å². The summed E-state index contributed by atoms with van der Waals surface area (Å²) in [5.74, 6) is 0.448. The van der Waals surface area contributed by atoms with Crippen molar-refractivity contribution in [2.45, 2.75) is 65.6 Å². The molecular formula is C23H29N5O2. The highest BCUT2D eigenvalue weighted by Gasteiger charge is 2.29. The summed E-state index contributed by atoms with van der Waals surface area (Å²) in [5.41, 5.74) is 2.91. The maximum atomic E-state index is 13.5. The highest BCUT2D eigenvalue weighted by molar-refractivity contribution is 6.01. The van der Waals surface area contributed by atoms with Gasteiger partial charge < -0.3 is 15.6 Å². The highest BCUT2D eigenvalue weighted by atomic mass is 16.2. The number of carbonyl (C=O) groups is 1. The molecule has 0 bridgehead atoms. The molecule has 30 heavy (non-hydrogen) atoms. The van der Waals surface area contributed by atoms with E-state index in [4.69, 9.17) is 4.98 Å². The van der Waals surface area contributed by atoms with Gasteiger partial charge in [-0.2, -0.15) is 0 Å². The van der Waals surface area contributed by atoms with Crippen molar-refractivity contribution in [1.82, 2.24) is 19.9 Å². The standard InChI is InChI=1S/C23H29N5O2/c1-12-17-15(19(29)24-12)11-16(25-17)13-9-8-10-14-18(13)26-21(27-22(2,3)4)28(20(14)30)23(5,6)7/h8-12,25H,1-7H3,(H,24,29)(H,26,27)/t12-/m1/s1. The summed E-state index contributed by atoms with van der Waals surface area (Å²) in [6, 6.07) is 7.38. The van der Waals surface area contributed by atoms with Gasteiger partial charge in [0.05, 0.1) is 28.2 Å². The molecule has 1 aliphatic heterocycles. The number of anilines is 1. The van der Waals surface area contributed by atoms with Crippen LogP contribution < -0.4 is 16.2 Å². The molecule has 0 radical (unpaired) electrons. The van der Waals surface area contributed by atoms with Crippen LogP contribution in [0.3, 0.4) is 0 Å². The predicted octanol–water partition coefficient (Wildman–Crippen LogP) is 4.16. The zero-order valence-corrected chi connectivity index (χ0v) is 18.6. The van der Waals surface area contributed by atoms with E-state index in [9.17, 15) is 9.59 Å². The first-order valence-electron chi connectivity index (χ1n) is 10.3. The van der Waals surface area contributed by atoms with Crippen LogP contribution in [0.2, 0.25) is 0 Å². The second-order valence-corrected chi connectivity index (χ2v) is 10.0. The molecule has 1 atom stereocenters. The maximum absolute atomic E-state index is 13.5. The average molecular weight is 408 g/mol. The Hall–Kier alpha value is -3.09. The van der Waals surface area contributed by atoms with Crippen LogP contribution in [0.4, 0.5) is 5.95 Å². The van der Waals surface area contributed by atoms with E-state index in [-0.39, 0.29) is 23.0 Å². The number of hydrogen-bond acceptors (Lipinski definition) is 4. The number of aromatic nitrogens is 3. The Morgan fingerprint density at radius 2 is 1.77 bits per heavy atom. The summed E-state index contributed by atoms with van der Waals surface area (Å²) in [6.07, 6.45) is 0. The van der Waals surface area contributed by atoms with E-state index >= 15 is 0 Å². The fourth-order valence-electron chi connectivity index (χ4n) is 3.96. The summed E-state index contributed by atoms with van der Waals surface area (Å²) in [5, 5.41) is 6.85. The minimum Gasteiger partial charge on any atom is -0.356 e. The number of aromatic amines is 1. The Balaban J connectivity index is 2.00. The molecule has 7 nitrogen and oxygen atoms in total. The molecule has 7 heteroatoms. The first-order chi connectivity index (χ1) is 13.9. The van der Waals surface area contributed by atoms with E-state index in [2.05, 4.69) is 15.6 Å². The van der Waals surface area contributed by atoms with Crippen LogP contribution in [0.1, 0.15) is 70.6 Å². The molecule has 0 aliphatic carbocycles. The number of nitrogens with zero attached hydrogens (tertiary/aromatic N) is 2. The SMILES string of the molecule is C[C@H]1NC(=O)c2cc(-c3cccc4c(=O)n(C(C)(C)C)c(NC(C)(C)C)nc34)[nH]c21. The van der Waals surface area contributed by atoms with Crippen molar-refractivity contribution in [3.63, 3.8) is 0 Å². The third kappa shape index (κ3) is 3.28. The van der Waals surface area contributed by atoms with E-state index in [0.717, 1.165) is 17.0 Å². The first-order valence-corrected chi connectivity index (χ1v) is 10.3. The topological polar surface area (TPSA) is 91.8 Å². The van der Waals surface area contributed by atoms with Crippen LogP contribution in [0.15, 0.2) is 29.1 Å². The molecule has 0 saturated carbocycles. The lowest BCUT2D eigenvalue weighted by Crippen LogP contribution is -2.39. The number of amides is 1. The molecule has 0 saturated heterocycles. The molecule has 1 amide bonds. The number of benzene rings is 1. The zero-order chi connectivity index (χ0) is 22.0. The zero-order valence-electron chi connectivity index (χ0n) is 18.6. The normalized spacial score (nSPS) is 16.6.